The van der Waals surface area contributed by atoms with Crippen molar-refractivity contribution in [3.05, 3.63) is 35.1 Å². The predicted molar refractivity (Wildman–Crippen MR) is 62.1 cm³/mol. The SMILES string of the molecule is Cc1ccc(C(N)CC(C)(C)C)c(F)c1. The third-order valence-electron chi connectivity index (χ3n) is 2.39. The number of hydrogen-bond donors (Lipinski definition) is 1. The zero-order valence-corrected chi connectivity index (χ0v) is 9.97. The summed E-state index contributed by atoms with van der Waals surface area (Å²) >= 11 is 0. The lowest BCUT2D eigenvalue weighted by Gasteiger charge is -2.23. The van der Waals surface area contributed by atoms with Crippen molar-refractivity contribution in [2.45, 2.75) is 40.2 Å². The molecule has 1 nitrogen and oxygen atoms in total. The van der Waals surface area contributed by atoms with E-state index in [0.717, 1.165) is 12.0 Å². The van der Waals surface area contributed by atoms with Crippen molar-refractivity contribution in [2.24, 2.45) is 11.1 Å². The highest BCUT2D eigenvalue weighted by Crippen LogP contribution is 2.29. The molecule has 0 amide bonds. The zero-order valence-electron chi connectivity index (χ0n) is 9.97. The molecule has 0 aliphatic heterocycles. The Labute approximate surface area is 91.5 Å². The van der Waals surface area contributed by atoms with Crippen LogP contribution in [0.25, 0.3) is 0 Å². The van der Waals surface area contributed by atoms with Crippen molar-refractivity contribution in [1.82, 2.24) is 0 Å². The average molecular weight is 209 g/mol. The Morgan fingerprint density at radius 1 is 1.33 bits per heavy atom. The second-order valence-electron chi connectivity index (χ2n) is 5.40. The van der Waals surface area contributed by atoms with E-state index in [1.807, 2.05) is 13.0 Å². The summed E-state index contributed by atoms with van der Waals surface area (Å²) in [6, 6.07) is 5.02. The first kappa shape index (κ1) is 12.2. The normalized spacial score (nSPS) is 14.0. The molecule has 1 aromatic rings. The number of aryl methyl sites for hydroxylation is 1. The van der Waals surface area contributed by atoms with Gasteiger partial charge in [-0.15, -0.1) is 0 Å². The van der Waals surface area contributed by atoms with E-state index in [4.69, 9.17) is 5.73 Å². The molecule has 0 aromatic heterocycles. The lowest BCUT2D eigenvalue weighted by atomic mass is 9.85. The lowest BCUT2D eigenvalue weighted by Crippen LogP contribution is -2.19. The number of halogens is 1. The minimum atomic E-state index is -0.217. The molecule has 1 atom stereocenters. The van der Waals surface area contributed by atoms with E-state index in [0.29, 0.717) is 5.56 Å². The summed E-state index contributed by atoms with van der Waals surface area (Å²) in [7, 11) is 0. The van der Waals surface area contributed by atoms with E-state index < -0.39 is 0 Å². The quantitative estimate of drug-likeness (QED) is 0.791. The van der Waals surface area contributed by atoms with Crippen LogP contribution in [0.15, 0.2) is 18.2 Å². The van der Waals surface area contributed by atoms with Gasteiger partial charge in [0.2, 0.25) is 0 Å². The summed E-state index contributed by atoms with van der Waals surface area (Å²) in [5.41, 5.74) is 7.66. The standard InChI is InChI=1S/C13H20FN/c1-9-5-6-10(11(14)7-9)12(15)8-13(2,3)4/h5-7,12H,8,15H2,1-4H3. The van der Waals surface area contributed by atoms with Gasteiger partial charge in [-0.2, -0.15) is 0 Å². The van der Waals surface area contributed by atoms with Gasteiger partial charge in [-0.3, -0.25) is 0 Å². The highest BCUT2D eigenvalue weighted by atomic mass is 19.1. The second-order valence-corrected chi connectivity index (χ2v) is 5.40. The largest absolute Gasteiger partial charge is 0.324 e. The third kappa shape index (κ3) is 3.63. The van der Waals surface area contributed by atoms with Crippen LogP contribution in [0.3, 0.4) is 0 Å². The van der Waals surface area contributed by atoms with Gasteiger partial charge in [0, 0.05) is 11.6 Å². The van der Waals surface area contributed by atoms with Crippen LogP contribution in [-0.4, -0.2) is 0 Å². The van der Waals surface area contributed by atoms with Crippen LogP contribution in [0.4, 0.5) is 4.39 Å². The molecule has 1 aromatic carbocycles. The van der Waals surface area contributed by atoms with Crippen molar-refractivity contribution >= 4 is 0 Å². The minimum absolute atomic E-state index is 0.122. The Morgan fingerprint density at radius 2 is 1.93 bits per heavy atom. The molecule has 0 radical (unpaired) electrons. The first-order valence-electron chi connectivity index (χ1n) is 5.31. The minimum Gasteiger partial charge on any atom is -0.324 e. The Hall–Kier alpha value is -0.890. The van der Waals surface area contributed by atoms with Gasteiger partial charge in [0.05, 0.1) is 0 Å². The molecule has 1 unspecified atom stereocenters. The molecule has 0 bridgehead atoms. The molecule has 2 N–H and O–H groups in total. The molecule has 84 valence electrons. The summed E-state index contributed by atoms with van der Waals surface area (Å²) in [6.07, 6.45) is 0.785. The first-order chi connectivity index (χ1) is 6.79. The van der Waals surface area contributed by atoms with Crippen LogP contribution in [0.2, 0.25) is 0 Å². The third-order valence-corrected chi connectivity index (χ3v) is 2.39. The fourth-order valence-electron chi connectivity index (χ4n) is 1.70. The lowest BCUT2D eigenvalue weighted by molar-refractivity contribution is 0.338. The van der Waals surface area contributed by atoms with Crippen LogP contribution >= 0.6 is 0 Å². The molecular formula is C13H20FN. The molecule has 15 heavy (non-hydrogen) atoms. The molecule has 0 spiro atoms. The molecule has 1 rings (SSSR count). The average Bonchev–Trinajstić information content (AvgIpc) is 1.99. The van der Waals surface area contributed by atoms with Crippen LogP contribution in [0.1, 0.15) is 44.4 Å². The Bertz CT molecular complexity index is 339. The highest BCUT2D eigenvalue weighted by Gasteiger charge is 2.19. The van der Waals surface area contributed by atoms with Gasteiger partial charge in [0.1, 0.15) is 5.82 Å². The van der Waals surface area contributed by atoms with E-state index in [-0.39, 0.29) is 17.3 Å². The van der Waals surface area contributed by atoms with E-state index in [2.05, 4.69) is 20.8 Å². The van der Waals surface area contributed by atoms with Crippen molar-refractivity contribution in [3.63, 3.8) is 0 Å². The maximum atomic E-state index is 13.6. The molecule has 0 aliphatic rings. The monoisotopic (exact) mass is 209 g/mol. The maximum Gasteiger partial charge on any atom is 0.128 e. The summed E-state index contributed by atoms with van der Waals surface area (Å²) in [5.74, 6) is -0.188. The van der Waals surface area contributed by atoms with Crippen molar-refractivity contribution in [3.8, 4) is 0 Å². The van der Waals surface area contributed by atoms with Crippen LogP contribution < -0.4 is 5.73 Å². The summed E-state index contributed by atoms with van der Waals surface area (Å²) in [4.78, 5) is 0. The van der Waals surface area contributed by atoms with E-state index in [9.17, 15) is 4.39 Å². The predicted octanol–water partition coefficient (Wildman–Crippen LogP) is 3.57. The van der Waals surface area contributed by atoms with Gasteiger partial charge in [-0.25, -0.2) is 4.39 Å². The van der Waals surface area contributed by atoms with Gasteiger partial charge >= 0.3 is 0 Å². The smallest absolute Gasteiger partial charge is 0.128 e. The number of nitrogens with two attached hydrogens (primary N) is 1. The van der Waals surface area contributed by atoms with Crippen LogP contribution in [-0.2, 0) is 0 Å². The highest BCUT2D eigenvalue weighted by molar-refractivity contribution is 5.26. The number of rotatable bonds is 2. The van der Waals surface area contributed by atoms with Crippen molar-refractivity contribution < 1.29 is 4.39 Å². The Kier molecular flexibility index (Phi) is 3.50. The molecular weight excluding hydrogens is 189 g/mol. The molecule has 2 heteroatoms. The van der Waals surface area contributed by atoms with Gasteiger partial charge in [0.25, 0.3) is 0 Å². The summed E-state index contributed by atoms with van der Waals surface area (Å²) < 4.78 is 13.6. The molecule has 0 aliphatic carbocycles. The van der Waals surface area contributed by atoms with Crippen molar-refractivity contribution in [1.29, 1.82) is 0 Å². The van der Waals surface area contributed by atoms with E-state index in [1.165, 1.54) is 6.07 Å². The molecule has 0 heterocycles. The van der Waals surface area contributed by atoms with Crippen LogP contribution in [0.5, 0.6) is 0 Å². The Morgan fingerprint density at radius 3 is 2.40 bits per heavy atom. The second kappa shape index (κ2) is 4.31. The zero-order chi connectivity index (χ0) is 11.6. The first-order valence-corrected chi connectivity index (χ1v) is 5.31. The summed E-state index contributed by atoms with van der Waals surface area (Å²) in [6.45, 7) is 8.21. The van der Waals surface area contributed by atoms with Gasteiger partial charge in [-0.05, 0) is 30.4 Å². The summed E-state index contributed by atoms with van der Waals surface area (Å²) in [5, 5.41) is 0. The van der Waals surface area contributed by atoms with Gasteiger partial charge in [0.15, 0.2) is 0 Å². The van der Waals surface area contributed by atoms with Gasteiger partial charge < -0.3 is 5.73 Å². The maximum absolute atomic E-state index is 13.6. The molecule has 0 saturated heterocycles. The molecule has 0 fully saturated rings. The Balaban J connectivity index is 2.87. The molecule has 0 saturated carbocycles. The fourth-order valence-corrected chi connectivity index (χ4v) is 1.70. The van der Waals surface area contributed by atoms with E-state index in [1.54, 1.807) is 6.07 Å². The van der Waals surface area contributed by atoms with Crippen molar-refractivity contribution in [2.75, 3.05) is 0 Å². The number of hydrogen-bond acceptors (Lipinski definition) is 1. The van der Waals surface area contributed by atoms with Crippen LogP contribution in [0, 0.1) is 18.2 Å². The topological polar surface area (TPSA) is 26.0 Å². The van der Waals surface area contributed by atoms with Gasteiger partial charge in [-0.1, -0.05) is 32.9 Å². The fraction of sp³-hybridized carbons (Fsp3) is 0.538. The van der Waals surface area contributed by atoms with E-state index >= 15 is 0 Å². The number of benzene rings is 1.